The van der Waals surface area contributed by atoms with Crippen LogP contribution in [0.25, 0.3) is 0 Å². The van der Waals surface area contributed by atoms with Crippen LogP contribution in [-0.4, -0.2) is 26.8 Å². The summed E-state index contributed by atoms with van der Waals surface area (Å²) in [4.78, 5) is 0. The van der Waals surface area contributed by atoms with Gasteiger partial charge in [-0.2, -0.15) is 0 Å². The maximum absolute atomic E-state index is 5.12. The van der Waals surface area contributed by atoms with E-state index >= 15 is 0 Å². The summed E-state index contributed by atoms with van der Waals surface area (Å²) in [5.41, 5.74) is 0. The summed E-state index contributed by atoms with van der Waals surface area (Å²) in [6.45, 7) is 4.96. The minimum atomic E-state index is 0.570. The third-order valence-electron chi connectivity index (χ3n) is 2.34. The summed E-state index contributed by atoms with van der Waals surface area (Å²) in [6, 6.07) is 0.570. The molecule has 0 aromatic heterocycles. The van der Waals surface area contributed by atoms with E-state index in [-0.39, 0.29) is 0 Å². The molecule has 0 aliphatic heterocycles. The summed E-state index contributed by atoms with van der Waals surface area (Å²) >= 11 is 0. The lowest BCUT2D eigenvalue weighted by molar-refractivity contribution is 0.149. The molecule has 1 N–H and O–H groups in total. The largest absolute Gasteiger partial charge is 0.384 e. The molecular weight excluding hydrogens is 174 g/mol. The summed E-state index contributed by atoms with van der Waals surface area (Å²) in [6.07, 6.45) is 3.28. The zero-order valence-electron chi connectivity index (χ0n) is 9.89. The smallest absolute Gasteiger partial charge is 0.0488 e. The molecule has 0 spiro atoms. The minimum absolute atomic E-state index is 0.570. The van der Waals surface area contributed by atoms with E-state index in [1.807, 2.05) is 14.0 Å². The second kappa shape index (κ2) is 9.05. The van der Waals surface area contributed by atoms with Gasteiger partial charge in [0.25, 0.3) is 0 Å². The summed E-state index contributed by atoms with van der Waals surface area (Å²) in [5.74, 6) is 6.64. The van der Waals surface area contributed by atoms with Crippen LogP contribution < -0.4 is 5.32 Å². The van der Waals surface area contributed by atoms with Gasteiger partial charge >= 0.3 is 0 Å². The molecule has 0 aromatic carbocycles. The molecule has 0 aliphatic rings. The van der Waals surface area contributed by atoms with E-state index in [2.05, 4.69) is 24.1 Å². The van der Waals surface area contributed by atoms with Crippen LogP contribution in [0.15, 0.2) is 0 Å². The van der Waals surface area contributed by atoms with E-state index in [9.17, 15) is 0 Å². The molecule has 0 radical (unpaired) electrons. The highest BCUT2D eigenvalue weighted by Crippen LogP contribution is 2.10. The van der Waals surface area contributed by atoms with Gasteiger partial charge in [-0.05, 0) is 32.7 Å². The molecule has 2 unspecified atom stereocenters. The standard InChI is InChI=1S/C12H23NO/c1-5-6-7-8-12(13-3)9-11(2)10-14-4/h11-13H,7-10H2,1-4H3. The van der Waals surface area contributed by atoms with Gasteiger partial charge in [0.05, 0.1) is 0 Å². The Morgan fingerprint density at radius 2 is 2.14 bits per heavy atom. The molecule has 0 fully saturated rings. The van der Waals surface area contributed by atoms with Crippen molar-refractivity contribution >= 4 is 0 Å². The Morgan fingerprint density at radius 3 is 2.64 bits per heavy atom. The molecular formula is C12H23NO. The molecule has 14 heavy (non-hydrogen) atoms. The lowest BCUT2D eigenvalue weighted by atomic mass is 9.99. The van der Waals surface area contributed by atoms with E-state index in [1.54, 1.807) is 7.11 Å². The van der Waals surface area contributed by atoms with Crippen LogP contribution in [0.3, 0.4) is 0 Å². The highest BCUT2D eigenvalue weighted by Gasteiger charge is 2.10. The quantitative estimate of drug-likeness (QED) is 0.631. The molecule has 82 valence electrons. The first-order valence-corrected chi connectivity index (χ1v) is 5.30. The predicted octanol–water partition coefficient (Wildman–Crippen LogP) is 2.05. The Kier molecular flexibility index (Phi) is 8.72. The molecule has 0 bridgehead atoms. The lowest BCUT2D eigenvalue weighted by Crippen LogP contribution is -2.28. The number of ether oxygens (including phenoxy) is 1. The van der Waals surface area contributed by atoms with Gasteiger partial charge in [-0.25, -0.2) is 0 Å². The number of nitrogens with one attached hydrogen (secondary N) is 1. The number of methoxy groups -OCH3 is 1. The Balaban J connectivity index is 3.69. The SMILES string of the molecule is CC#CCCC(CC(C)COC)NC. The topological polar surface area (TPSA) is 21.3 Å². The third-order valence-corrected chi connectivity index (χ3v) is 2.34. The highest BCUT2D eigenvalue weighted by molar-refractivity contribution is 4.95. The third kappa shape index (κ3) is 6.94. The minimum Gasteiger partial charge on any atom is -0.384 e. The first-order chi connectivity index (χ1) is 6.74. The second-order valence-corrected chi connectivity index (χ2v) is 3.75. The molecule has 2 nitrogen and oxygen atoms in total. The van der Waals surface area contributed by atoms with Crippen LogP contribution in [0.5, 0.6) is 0 Å². The van der Waals surface area contributed by atoms with Crippen LogP contribution in [-0.2, 0) is 4.74 Å². The second-order valence-electron chi connectivity index (χ2n) is 3.75. The van der Waals surface area contributed by atoms with Crippen molar-refractivity contribution in [2.45, 2.75) is 39.2 Å². The fourth-order valence-corrected chi connectivity index (χ4v) is 1.59. The van der Waals surface area contributed by atoms with Gasteiger partial charge in [0.1, 0.15) is 0 Å². The van der Waals surface area contributed by atoms with Gasteiger partial charge in [-0.15, -0.1) is 11.8 Å². The molecule has 0 saturated carbocycles. The van der Waals surface area contributed by atoms with Gasteiger partial charge < -0.3 is 10.1 Å². The molecule has 2 atom stereocenters. The number of hydrogen-bond donors (Lipinski definition) is 1. The predicted molar refractivity (Wildman–Crippen MR) is 61.2 cm³/mol. The van der Waals surface area contributed by atoms with Crippen molar-refractivity contribution in [1.29, 1.82) is 0 Å². The average molecular weight is 197 g/mol. The molecule has 0 amide bonds. The summed E-state index contributed by atoms with van der Waals surface area (Å²) < 4.78 is 5.12. The Bertz CT molecular complexity index is 180. The molecule has 0 heterocycles. The molecule has 0 aromatic rings. The summed E-state index contributed by atoms with van der Waals surface area (Å²) in [5, 5.41) is 3.33. The van der Waals surface area contributed by atoms with Gasteiger partial charge in [0.15, 0.2) is 0 Å². The van der Waals surface area contributed by atoms with E-state index in [0.717, 1.165) is 25.9 Å². The zero-order chi connectivity index (χ0) is 10.8. The van der Waals surface area contributed by atoms with Crippen LogP contribution in [0.4, 0.5) is 0 Å². The maximum atomic E-state index is 5.12. The van der Waals surface area contributed by atoms with Crippen LogP contribution >= 0.6 is 0 Å². The molecule has 2 heteroatoms. The van der Waals surface area contributed by atoms with Gasteiger partial charge in [0, 0.05) is 26.2 Å². The Labute approximate surface area is 88.4 Å². The van der Waals surface area contributed by atoms with Crippen molar-refractivity contribution in [1.82, 2.24) is 5.32 Å². The monoisotopic (exact) mass is 197 g/mol. The van der Waals surface area contributed by atoms with Crippen LogP contribution in [0, 0.1) is 17.8 Å². The van der Waals surface area contributed by atoms with E-state index in [0.29, 0.717) is 12.0 Å². The van der Waals surface area contributed by atoms with Crippen molar-refractivity contribution < 1.29 is 4.74 Å². The zero-order valence-corrected chi connectivity index (χ0v) is 9.89. The van der Waals surface area contributed by atoms with Crippen molar-refractivity contribution in [2.75, 3.05) is 20.8 Å². The molecule has 0 rings (SSSR count). The highest BCUT2D eigenvalue weighted by atomic mass is 16.5. The fraction of sp³-hybridized carbons (Fsp3) is 0.833. The van der Waals surface area contributed by atoms with Gasteiger partial charge in [-0.3, -0.25) is 0 Å². The Morgan fingerprint density at radius 1 is 1.43 bits per heavy atom. The lowest BCUT2D eigenvalue weighted by Gasteiger charge is -2.19. The summed E-state index contributed by atoms with van der Waals surface area (Å²) in [7, 11) is 3.77. The van der Waals surface area contributed by atoms with Crippen molar-refractivity contribution in [3.8, 4) is 11.8 Å². The first kappa shape index (κ1) is 13.5. The fourth-order valence-electron chi connectivity index (χ4n) is 1.59. The van der Waals surface area contributed by atoms with Gasteiger partial charge in [-0.1, -0.05) is 6.92 Å². The maximum Gasteiger partial charge on any atom is 0.0488 e. The first-order valence-electron chi connectivity index (χ1n) is 5.30. The van der Waals surface area contributed by atoms with Crippen molar-refractivity contribution in [3.05, 3.63) is 0 Å². The Hall–Kier alpha value is -0.520. The van der Waals surface area contributed by atoms with E-state index < -0.39 is 0 Å². The van der Waals surface area contributed by atoms with Crippen LogP contribution in [0.1, 0.15) is 33.1 Å². The normalized spacial score (nSPS) is 14.3. The number of hydrogen-bond acceptors (Lipinski definition) is 2. The number of rotatable bonds is 7. The van der Waals surface area contributed by atoms with Gasteiger partial charge in [0.2, 0.25) is 0 Å². The van der Waals surface area contributed by atoms with Crippen LogP contribution in [0.2, 0.25) is 0 Å². The van der Waals surface area contributed by atoms with Crippen molar-refractivity contribution in [2.24, 2.45) is 5.92 Å². The average Bonchev–Trinajstić information content (AvgIpc) is 2.17. The van der Waals surface area contributed by atoms with E-state index in [4.69, 9.17) is 4.74 Å². The van der Waals surface area contributed by atoms with Crippen molar-refractivity contribution in [3.63, 3.8) is 0 Å². The molecule has 0 aliphatic carbocycles. The molecule has 0 saturated heterocycles. The van der Waals surface area contributed by atoms with E-state index in [1.165, 1.54) is 0 Å².